The van der Waals surface area contributed by atoms with E-state index in [1.165, 1.54) is 0 Å². The Morgan fingerprint density at radius 1 is 1.21 bits per heavy atom. The van der Waals surface area contributed by atoms with Gasteiger partial charge in [-0.1, -0.05) is 23.7 Å². The maximum absolute atomic E-state index is 10.6. The summed E-state index contributed by atoms with van der Waals surface area (Å²) in [6.45, 7) is 6.52. The van der Waals surface area contributed by atoms with Crippen molar-refractivity contribution in [3.63, 3.8) is 0 Å². The number of para-hydroxylation sites is 1. The van der Waals surface area contributed by atoms with Crippen LogP contribution in [0.3, 0.4) is 0 Å². The van der Waals surface area contributed by atoms with Gasteiger partial charge >= 0.3 is 0 Å². The number of fused-ring (bicyclic) bond motifs is 3. The molecule has 1 saturated heterocycles. The molecule has 33 heavy (non-hydrogen) atoms. The van der Waals surface area contributed by atoms with Gasteiger partial charge in [0, 0.05) is 52.8 Å². The van der Waals surface area contributed by atoms with Gasteiger partial charge in [-0.05, 0) is 18.6 Å². The molecule has 1 fully saturated rings. The van der Waals surface area contributed by atoms with Gasteiger partial charge in [0.2, 0.25) is 0 Å². The summed E-state index contributed by atoms with van der Waals surface area (Å²) in [6, 6.07) is 9.14. The molecule has 8 nitrogen and oxygen atoms in total. The van der Waals surface area contributed by atoms with Crippen LogP contribution in [0.1, 0.15) is 5.56 Å². The Morgan fingerprint density at radius 3 is 2.82 bits per heavy atom. The second-order valence-corrected chi connectivity index (χ2v) is 8.18. The SMILES string of the molecule is Cc1cccc(Cl)c1Nc1nc2cc(O)c(OCCN3CCOCC3)cc2n2cncc12.[W]. The van der Waals surface area contributed by atoms with Gasteiger partial charge in [0.05, 0.1) is 47.5 Å². The first kappa shape index (κ1) is 23.8. The standard InChI is InChI=1S/C23H24ClN5O3.W/c1-15-3-2-4-16(24)22(15)27-23-19-13-25-14-29(19)18-12-21(20(30)11-17(18)26-23)32-10-7-28-5-8-31-9-6-28;/h2-4,11-14,30H,5-10H2,1H3,(H,26,27);. The number of anilines is 2. The molecule has 0 atom stereocenters. The third-order valence-corrected chi connectivity index (χ3v) is 5.98. The smallest absolute Gasteiger partial charge is 0.163 e. The number of imidazole rings is 1. The second-order valence-electron chi connectivity index (χ2n) is 7.78. The Hall–Kier alpha value is -2.38. The summed E-state index contributed by atoms with van der Waals surface area (Å²) in [4.78, 5) is 11.3. The maximum Gasteiger partial charge on any atom is 0.163 e. The zero-order chi connectivity index (χ0) is 22.1. The average Bonchev–Trinajstić information content (AvgIpc) is 3.28. The van der Waals surface area contributed by atoms with Crippen molar-refractivity contribution in [1.29, 1.82) is 0 Å². The molecule has 0 aliphatic carbocycles. The van der Waals surface area contributed by atoms with Crippen LogP contribution in [0.4, 0.5) is 11.5 Å². The van der Waals surface area contributed by atoms with Crippen LogP contribution >= 0.6 is 11.6 Å². The fourth-order valence-corrected chi connectivity index (χ4v) is 4.16. The van der Waals surface area contributed by atoms with Gasteiger partial charge in [-0.25, -0.2) is 9.97 Å². The molecule has 0 bridgehead atoms. The molecule has 172 valence electrons. The minimum atomic E-state index is 0. The van der Waals surface area contributed by atoms with Gasteiger partial charge < -0.3 is 19.9 Å². The van der Waals surface area contributed by atoms with Gasteiger partial charge in [0.25, 0.3) is 0 Å². The van der Waals surface area contributed by atoms with Crippen LogP contribution in [0.5, 0.6) is 11.5 Å². The number of benzene rings is 2. The number of morpholine rings is 1. The molecule has 2 aromatic heterocycles. The van der Waals surface area contributed by atoms with E-state index in [1.54, 1.807) is 24.7 Å². The Morgan fingerprint density at radius 2 is 2.03 bits per heavy atom. The fraction of sp³-hybridized carbons (Fsp3) is 0.304. The van der Waals surface area contributed by atoms with Crippen LogP contribution in [-0.2, 0) is 25.8 Å². The summed E-state index contributed by atoms with van der Waals surface area (Å²) >= 11 is 6.39. The van der Waals surface area contributed by atoms with Crippen molar-refractivity contribution in [3.8, 4) is 11.5 Å². The summed E-state index contributed by atoms with van der Waals surface area (Å²) in [5, 5.41) is 14.5. The minimum Gasteiger partial charge on any atom is -0.504 e. The van der Waals surface area contributed by atoms with Crippen LogP contribution in [0.25, 0.3) is 16.6 Å². The third-order valence-electron chi connectivity index (χ3n) is 5.66. The third kappa shape index (κ3) is 4.94. The van der Waals surface area contributed by atoms with E-state index in [4.69, 9.17) is 26.1 Å². The molecule has 0 saturated carbocycles. The molecule has 0 spiro atoms. The van der Waals surface area contributed by atoms with E-state index in [0.717, 1.165) is 55.1 Å². The molecule has 2 N–H and O–H groups in total. The molecule has 4 aromatic rings. The van der Waals surface area contributed by atoms with Crippen LogP contribution < -0.4 is 10.1 Å². The Labute approximate surface area is 210 Å². The van der Waals surface area contributed by atoms with Crippen molar-refractivity contribution in [2.45, 2.75) is 6.92 Å². The van der Waals surface area contributed by atoms with Crippen LogP contribution in [0.15, 0.2) is 42.9 Å². The van der Waals surface area contributed by atoms with Gasteiger partial charge in [-0.2, -0.15) is 0 Å². The number of aryl methyl sites for hydroxylation is 1. The van der Waals surface area contributed by atoms with Crippen LogP contribution in [-0.4, -0.2) is 63.8 Å². The van der Waals surface area contributed by atoms with E-state index in [9.17, 15) is 5.11 Å². The van der Waals surface area contributed by atoms with Crippen molar-refractivity contribution < 1.29 is 35.6 Å². The summed E-state index contributed by atoms with van der Waals surface area (Å²) in [6.07, 6.45) is 3.46. The Bertz CT molecular complexity index is 1260. The number of nitrogens with zero attached hydrogens (tertiary/aromatic N) is 4. The summed E-state index contributed by atoms with van der Waals surface area (Å²) < 4.78 is 13.2. The summed E-state index contributed by atoms with van der Waals surface area (Å²) in [5.41, 5.74) is 3.99. The number of rotatable bonds is 6. The molecule has 0 radical (unpaired) electrons. The number of hydrogen-bond donors (Lipinski definition) is 2. The predicted molar refractivity (Wildman–Crippen MR) is 124 cm³/mol. The number of aromatic nitrogens is 3. The van der Waals surface area contributed by atoms with Crippen molar-refractivity contribution in [3.05, 3.63) is 53.4 Å². The molecular formula is C23H24ClN5O3W. The second kappa shape index (κ2) is 10.3. The van der Waals surface area contributed by atoms with Gasteiger partial charge in [0.1, 0.15) is 12.1 Å². The van der Waals surface area contributed by atoms with E-state index in [2.05, 4.69) is 15.2 Å². The van der Waals surface area contributed by atoms with E-state index in [1.807, 2.05) is 29.5 Å². The molecule has 10 heteroatoms. The molecule has 2 aromatic carbocycles. The topological polar surface area (TPSA) is 84.2 Å². The van der Waals surface area contributed by atoms with Crippen molar-refractivity contribution in [2.75, 3.05) is 44.8 Å². The quantitative estimate of drug-likeness (QED) is 0.331. The normalized spacial score (nSPS) is 14.4. The number of phenols is 1. The number of halogens is 1. The Kier molecular flexibility index (Phi) is 7.39. The number of ether oxygens (including phenoxy) is 2. The van der Waals surface area contributed by atoms with Gasteiger partial charge in [0.15, 0.2) is 17.3 Å². The first-order valence-electron chi connectivity index (χ1n) is 10.5. The molecule has 5 rings (SSSR count). The predicted octanol–water partition coefficient (Wildman–Crippen LogP) is 4.00. The zero-order valence-corrected chi connectivity index (χ0v) is 21.8. The fourth-order valence-electron chi connectivity index (χ4n) is 3.89. The summed E-state index contributed by atoms with van der Waals surface area (Å²) in [7, 11) is 0. The monoisotopic (exact) mass is 637 g/mol. The number of phenolic OH excluding ortho intramolecular Hbond substituents is 1. The Balaban J connectivity index is 0.00000259. The summed E-state index contributed by atoms with van der Waals surface area (Å²) in [5.74, 6) is 1.07. The van der Waals surface area contributed by atoms with Crippen LogP contribution in [0, 0.1) is 6.92 Å². The largest absolute Gasteiger partial charge is 0.504 e. The number of aromatic hydroxyl groups is 1. The van der Waals surface area contributed by atoms with Gasteiger partial charge in [-0.3, -0.25) is 9.30 Å². The first-order chi connectivity index (χ1) is 15.6. The van der Waals surface area contributed by atoms with Crippen molar-refractivity contribution >= 4 is 39.7 Å². The average molecular weight is 638 g/mol. The van der Waals surface area contributed by atoms with Crippen molar-refractivity contribution in [2.24, 2.45) is 0 Å². The van der Waals surface area contributed by atoms with E-state index >= 15 is 0 Å². The molecular weight excluding hydrogens is 614 g/mol. The number of hydrogen-bond acceptors (Lipinski definition) is 7. The maximum atomic E-state index is 10.6. The minimum absolute atomic E-state index is 0. The van der Waals surface area contributed by atoms with E-state index < -0.39 is 0 Å². The molecule has 1 aliphatic heterocycles. The van der Waals surface area contributed by atoms with E-state index in [0.29, 0.717) is 28.7 Å². The molecule has 0 amide bonds. The number of nitrogens with one attached hydrogen (secondary N) is 1. The molecule has 0 unspecified atom stereocenters. The zero-order valence-electron chi connectivity index (χ0n) is 18.1. The van der Waals surface area contributed by atoms with Gasteiger partial charge in [-0.15, -0.1) is 0 Å². The first-order valence-corrected chi connectivity index (χ1v) is 10.9. The van der Waals surface area contributed by atoms with Crippen LogP contribution in [0.2, 0.25) is 5.02 Å². The van der Waals surface area contributed by atoms with Crippen molar-refractivity contribution in [1.82, 2.24) is 19.3 Å². The van der Waals surface area contributed by atoms with E-state index in [-0.39, 0.29) is 26.8 Å². The molecule has 1 aliphatic rings. The molecule has 3 heterocycles.